The van der Waals surface area contributed by atoms with Crippen LogP contribution in [0.5, 0.6) is 5.75 Å². The zero-order valence-electron chi connectivity index (χ0n) is 11.3. The van der Waals surface area contributed by atoms with Gasteiger partial charge in [0.2, 0.25) is 0 Å². The van der Waals surface area contributed by atoms with E-state index in [4.69, 9.17) is 23.2 Å². The fourth-order valence-electron chi connectivity index (χ4n) is 2.19. The second kappa shape index (κ2) is 5.87. The molecule has 0 unspecified atom stereocenters. The molecule has 0 saturated carbocycles. The molecule has 0 atom stereocenters. The first-order valence-corrected chi connectivity index (χ1v) is 7.28. The van der Waals surface area contributed by atoms with Crippen LogP contribution in [-0.2, 0) is 0 Å². The first-order valence-electron chi connectivity index (χ1n) is 6.53. The number of phenols is 1. The Hall–Kier alpha value is -2.23. The van der Waals surface area contributed by atoms with E-state index in [1.54, 1.807) is 24.3 Å². The summed E-state index contributed by atoms with van der Waals surface area (Å²) in [4.78, 5) is 12.3. The molecule has 3 nitrogen and oxygen atoms in total. The molecule has 0 saturated heterocycles. The number of benzene rings is 3. The van der Waals surface area contributed by atoms with Crippen LogP contribution in [0.25, 0.3) is 10.8 Å². The summed E-state index contributed by atoms with van der Waals surface area (Å²) in [6.07, 6.45) is 0. The Morgan fingerprint density at radius 1 is 0.955 bits per heavy atom. The lowest BCUT2D eigenvalue weighted by atomic mass is 10.1. The molecule has 1 amide bonds. The SMILES string of the molecule is O=C(Nc1cc2ccccc2cc1O)c1cc(Cl)ccc1Cl. The maximum Gasteiger partial charge on any atom is 0.257 e. The van der Waals surface area contributed by atoms with Crippen molar-refractivity contribution in [3.05, 3.63) is 70.2 Å². The number of rotatable bonds is 2. The van der Waals surface area contributed by atoms with Crippen molar-refractivity contribution in [3.8, 4) is 5.75 Å². The minimum atomic E-state index is -0.432. The third-order valence-corrected chi connectivity index (χ3v) is 3.85. The molecule has 0 aliphatic heterocycles. The van der Waals surface area contributed by atoms with E-state index in [2.05, 4.69) is 5.32 Å². The minimum absolute atomic E-state index is 0.00907. The molecule has 0 bridgehead atoms. The predicted octanol–water partition coefficient (Wildman–Crippen LogP) is 5.10. The van der Waals surface area contributed by atoms with Crippen molar-refractivity contribution in [3.63, 3.8) is 0 Å². The molecule has 0 fully saturated rings. The fraction of sp³-hybridized carbons (Fsp3) is 0. The van der Waals surface area contributed by atoms with Gasteiger partial charge in [-0.1, -0.05) is 47.5 Å². The molecule has 3 aromatic rings. The van der Waals surface area contributed by atoms with Crippen LogP contribution in [0.1, 0.15) is 10.4 Å². The van der Waals surface area contributed by atoms with Crippen LogP contribution in [0.4, 0.5) is 5.69 Å². The maximum absolute atomic E-state index is 12.3. The van der Waals surface area contributed by atoms with Crippen LogP contribution in [-0.4, -0.2) is 11.0 Å². The van der Waals surface area contributed by atoms with E-state index in [1.807, 2.05) is 24.3 Å². The van der Waals surface area contributed by atoms with E-state index < -0.39 is 5.91 Å². The van der Waals surface area contributed by atoms with Gasteiger partial charge in [0.05, 0.1) is 16.3 Å². The number of carbonyl (C=O) groups excluding carboxylic acids is 1. The second-order valence-electron chi connectivity index (χ2n) is 4.79. The van der Waals surface area contributed by atoms with Crippen LogP contribution in [0, 0.1) is 0 Å². The van der Waals surface area contributed by atoms with E-state index in [9.17, 15) is 9.90 Å². The van der Waals surface area contributed by atoms with E-state index >= 15 is 0 Å². The highest BCUT2D eigenvalue weighted by molar-refractivity contribution is 6.36. The molecule has 2 N–H and O–H groups in total. The zero-order chi connectivity index (χ0) is 15.7. The quantitative estimate of drug-likeness (QED) is 0.641. The Morgan fingerprint density at radius 2 is 1.64 bits per heavy atom. The lowest BCUT2D eigenvalue weighted by molar-refractivity contribution is 0.102. The van der Waals surface area contributed by atoms with Crippen LogP contribution in [0.2, 0.25) is 10.0 Å². The van der Waals surface area contributed by atoms with Crippen LogP contribution in [0.3, 0.4) is 0 Å². The molecule has 0 heterocycles. The standard InChI is InChI=1S/C17H11Cl2NO2/c18-12-5-6-14(19)13(9-12)17(22)20-15-7-10-3-1-2-4-11(10)8-16(15)21/h1-9,21H,(H,20,22). The Kier molecular flexibility index (Phi) is 3.92. The normalized spacial score (nSPS) is 10.6. The summed E-state index contributed by atoms with van der Waals surface area (Å²) in [5, 5.41) is 15.2. The zero-order valence-corrected chi connectivity index (χ0v) is 12.8. The van der Waals surface area contributed by atoms with Gasteiger partial charge in [-0.3, -0.25) is 4.79 Å². The predicted molar refractivity (Wildman–Crippen MR) is 90.0 cm³/mol. The molecule has 0 aliphatic carbocycles. The Morgan fingerprint density at radius 3 is 2.36 bits per heavy atom. The van der Waals surface area contributed by atoms with Crippen molar-refractivity contribution < 1.29 is 9.90 Å². The lowest BCUT2D eigenvalue weighted by Gasteiger charge is -2.10. The average molecular weight is 332 g/mol. The number of fused-ring (bicyclic) bond motifs is 1. The molecule has 0 aliphatic rings. The highest BCUT2D eigenvalue weighted by Gasteiger charge is 2.13. The third-order valence-electron chi connectivity index (χ3n) is 3.29. The molecular formula is C17H11Cl2NO2. The van der Waals surface area contributed by atoms with Gasteiger partial charge >= 0.3 is 0 Å². The van der Waals surface area contributed by atoms with Crippen molar-refractivity contribution in [1.29, 1.82) is 0 Å². The van der Waals surface area contributed by atoms with E-state index in [-0.39, 0.29) is 11.3 Å². The van der Waals surface area contributed by atoms with E-state index in [1.165, 1.54) is 6.07 Å². The van der Waals surface area contributed by atoms with Crippen molar-refractivity contribution >= 4 is 45.6 Å². The first-order chi connectivity index (χ1) is 10.5. The highest BCUT2D eigenvalue weighted by Crippen LogP contribution is 2.30. The Balaban J connectivity index is 1.97. The number of phenolic OH excluding ortho intramolecular Hbond substituents is 1. The average Bonchev–Trinajstić information content (AvgIpc) is 2.50. The molecule has 3 rings (SSSR count). The van der Waals surface area contributed by atoms with Gasteiger partial charge in [-0.25, -0.2) is 0 Å². The smallest absolute Gasteiger partial charge is 0.257 e. The summed E-state index contributed by atoms with van der Waals surface area (Å²) < 4.78 is 0. The second-order valence-corrected chi connectivity index (χ2v) is 5.64. The molecular weight excluding hydrogens is 321 g/mol. The number of nitrogens with one attached hydrogen (secondary N) is 1. The number of hydrogen-bond donors (Lipinski definition) is 2. The first kappa shape index (κ1) is 14.7. The van der Waals surface area contributed by atoms with Crippen molar-refractivity contribution in [1.82, 2.24) is 0 Å². The number of amides is 1. The highest BCUT2D eigenvalue weighted by atomic mass is 35.5. The van der Waals surface area contributed by atoms with Crippen LogP contribution in [0.15, 0.2) is 54.6 Å². The van der Waals surface area contributed by atoms with Crippen molar-refractivity contribution in [2.75, 3.05) is 5.32 Å². The van der Waals surface area contributed by atoms with Gasteiger partial charge in [0.15, 0.2) is 0 Å². The largest absolute Gasteiger partial charge is 0.506 e. The minimum Gasteiger partial charge on any atom is -0.506 e. The van der Waals surface area contributed by atoms with Crippen molar-refractivity contribution in [2.45, 2.75) is 0 Å². The summed E-state index contributed by atoms with van der Waals surface area (Å²) in [6.45, 7) is 0. The molecule has 0 spiro atoms. The number of anilines is 1. The number of hydrogen-bond acceptors (Lipinski definition) is 2. The number of halogens is 2. The number of aromatic hydroxyl groups is 1. The van der Waals surface area contributed by atoms with Gasteiger partial charge in [0.25, 0.3) is 5.91 Å². The van der Waals surface area contributed by atoms with Gasteiger partial charge < -0.3 is 10.4 Å². The molecule has 3 aromatic carbocycles. The monoisotopic (exact) mass is 331 g/mol. The number of carbonyl (C=O) groups is 1. The van der Waals surface area contributed by atoms with Crippen LogP contribution < -0.4 is 5.32 Å². The summed E-state index contributed by atoms with van der Waals surface area (Å²) in [5.41, 5.74) is 0.571. The van der Waals surface area contributed by atoms with E-state index in [0.29, 0.717) is 15.7 Å². The summed E-state index contributed by atoms with van der Waals surface area (Å²) in [6, 6.07) is 15.5. The molecule has 22 heavy (non-hydrogen) atoms. The Labute approximate surface area is 137 Å². The molecule has 5 heteroatoms. The summed E-state index contributed by atoms with van der Waals surface area (Å²) >= 11 is 11.9. The van der Waals surface area contributed by atoms with Gasteiger partial charge in [0, 0.05) is 5.02 Å². The van der Waals surface area contributed by atoms with Gasteiger partial charge in [-0.2, -0.15) is 0 Å². The fourth-order valence-corrected chi connectivity index (χ4v) is 2.57. The lowest BCUT2D eigenvalue weighted by Crippen LogP contribution is -2.12. The molecule has 0 radical (unpaired) electrons. The summed E-state index contributed by atoms with van der Waals surface area (Å²) in [7, 11) is 0. The van der Waals surface area contributed by atoms with Crippen LogP contribution >= 0.6 is 23.2 Å². The van der Waals surface area contributed by atoms with E-state index in [0.717, 1.165) is 10.8 Å². The van der Waals surface area contributed by atoms with Gasteiger partial charge in [0.1, 0.15) is 5.75 Å². The maximum atomic E-state index is 12.3. The van der Waals surface area contributed by atoms with Gasteiger partial charge in [-0.05, 0) is 41.1 Å². The topological polar surface area (TPSA) is 49.3 Å². The van der Waals surface area contributed by atoms with Gasteiger partial charge in [-0.15, -0.1) is 0 Å². The van der Waals surface area contributed by atoms with Crippen molar-refractivity contribution in [2.24, 2.45) is 0 Å². The molecule has 110 valence electrons. The Bertz CT molecular complexity index is 878. The summed E-state index contributed by atoms with van der Waals surface area (Å²) in [5.74, 6) is -0.441. The molecule has 0 aromatic heterocycles. The third kappa shape index (κ3) is 2.86.